The van der Waals surface area contributed by atoms with Gasteiger partial charge in [-0.1, -0.05) is 0 Å². The predicted molar refractivity (Wildman–Crippen MR) is 153 cm³/mol. The fourth-order valence-corrected chi connectivity index (χ4v) is 5.13. The number of nitrogens with zero attached hydrogens (tertiary/aromatic N) is 5. The lowest BCUT2D eigenvalue weighted by atomic mass is 9.85. The number of amides is 3. The molecule has 14 nitrogen and oxygen atoms in total. The van der Waals surface area contributed by atoms with Crippen LogP contribution in [0, 0.1) is 0 Å². The second-order valence-electron chi connectivity index (χ2n) is 11.6. The van der Waals surface area contributed by atoms with E-state index < -0.39 is 29.9 Å². The minimum Gasteiger partial charge on any atom is -0.475 e. The Kier molecular flexibility index (Phi) is 13.6. The molecule has 1 unspecified atom stereocenters. The molecule has 1 aromatic rings. The van der Waals surface area contributed by atoms with Crippen LogP contribution in [0.25, 0.3) is 0 Å². The monoisotopic (exact) mass is 687 g/mol. The highest BCUT2D eigenvalue weighted by Crippen LogP contribution is 2.41. The molecule has 4 rings (SSSR count). The zero-order chi connectivity index (χ0) is 35.7. The Morgan fingerprint density at radius 1 is 0.936 bits per heavy atom. The fraction of sp³-hybridized carbons (Fsp3) is 0.704. The van der Waals surface area contributed by atoms with Crippen LogP contribution in [-0.2, 0) is 21.5 Å². The molecule has 3 aliphatic rings. The van der Waals surface area contributed by atoms with Crippen LogP contribution in [0.2, 0.25) is 0 Å². The molecule has 47 heavy (non-hydrogen) atoms. The van der Waals surface area contributed by atoms with Gasteiger partial charge in [0, 0.05) is 70.0 Å². The van der Waals surface area contributed by atoms with E-state index in [2.05, 4.69) is 32.5 Å². The number of carboxylic acid groups (broad SMARTS) is 2. The summed E-state index contributed by atoms with van der Waals surface area (Å²) in [5, 5.41) is 20.1. The third kappa shape index (κ3) is 11.7. The summed E-state index contributed by atoms with van der Waals surface area (Å²) in [5.41, 5.74) is -0.683. The maximum Gasteiger partial charge on any atom is 0.490 e. The summed E-state index contributed by atoms with van der Waals surface area (Å²) in [6.07, 6.45) is -6.05. The van der Waals surface area contributed by atoms with Crippen molar-refractivity contribution in [1.82, 2.24) is 34.9 Å². The van der Waals surface area contributed by atoms with E-state index in [9.17, 15) is 40.7 Å². The van der Waals surface area contributed by atoms with Gasteiger partial charge >= 0.3 is 30.3 Å². The molecule has 0 bridgehead atoms. The van der Waals surface area contributed by atoms with Gasteiger partial charge in [-0.15, -0.1) is 0 Å². The molecule has 2 saturated heterocycles. The van der Waals surface area contributed by atoms with Gasteiger partial charge in [-0.3, -0.25) is 9.59 Å². The smallest absolute Gasteiger partial charge is 0.475 e. The largest absolute Gasteiger partial charge is 0.490 e. The summed E-state index contributed by atoms with van der Waals surface area (Å²) in [6.45, 7) is 11.5. The second kappa shape index (κ2) is 16.2. The number of carboxylic acids is 2. The van der Waals surface area contributed by atoms with Gasteiger partial charge in [-0.25, -0.2) is 14.4 Å². The number of hydrogen-bond donors (Lipinski definition) is 4. The van der Waals surface area contributed by atoms with Crippen LogP contribution in [0.4, 0.5) is 31.1 Å². The molecule has 3 amide bonds. The standard InChI is InChI=1S/C23H37N7O3.2C2HF3O2/c1-17(2)25-22(33)30-10-6-23(16-30)5-9-29-15-18(20(32)26-21(23)29)19(31)24-7-4-8-28-13-11-27(3)12-14-28;2*3-2(4,5)1(6)7/h15,17H,4-14,16H2,1-3H3,(H,24,31)(H,25,33);2*(H,6,7). The Morgan fingerprint density at radius 3 is 1.98 bits per heavy atom. The molecule has 2 fully saturated rings. The van der Waals surface area contributed by atoms with Crippen molar-refractivity contribution < 1.29 is 55.7 Å². The highest BCUT2D eigenvalue weighted by Gasteiger charge is 2.47. The molecule has 0 aliphatic carbocycles. The fourth-order valence-electron chi connectivity index (χ4n) is 5.13. The van der Waals surface area contributed by atoms with E-state index in [0.717, 1.165) is 52.0 Å². The molecule has 4 N–H and O–H groups in total. The Balaban J connectivity index is 0.000000459. The summed E-state index contributed by atoms with van der Waals surface area (Å²) in [6, 6.07) is 0.00327. The number of urea groups is 1. The van der Waals surface area contributed by atoms with Crippen LogP contribution in [0.3, 0.4) is 0 Å². The van der Waals surface area contributed by atoms with Gasteiger partial charge in [-0.05, 0) is 46.7 Å². The number of carbonyl (C=O) groups excluding carboxylic acids is 2. The molecule has 20 heteroatoms. The first kappa shape index (κ1) is 39.2. The van der Waals surface area contributed by atoms with Crippen molar-refractivity contribution >= 4 is 23.9 Å². The molecule has 1 aromatic heterocycles. The van der Waals surface area contributed by atoms with E-state index in [-0.39, 0.29) is 29.0 Å². The van der Waals surface area contributed by atoms with Gasteiger partial charge in [0.15, 0.2) is 0 Å². The third-order valence-corrected chi connectivity index (χ3v) is 7.62. The summed E-state index contributed by atoms with van der Waals surface area (Å²) in [4.78, 5) is 66.5. The lowest BCUT2D eigenvalue weighted by Gasteiger charge is -2.32. The average molecular weight is 688 g/mol. The first-order valence-corrected chi connectivity index (χ1v) is 14.6. The zero-order valence-electron chi connectivity index (χ0n) is 26.1. The molecular formula is C27H39F6N7O7. The maximum absolute atomic E-state index is 12.7. The van der Waals surface area contributed by atoms with Crippen molar-refractivity contribution in [1.29, 1.82) is 0 Å². The van der Waals surface area contributed by atoms with E-state index >= 15 is 0 Å². The van der Waals surface area contributed by atoms with Crippen molar-refractivity contribution in [2.45, 2.75) is 63.5 Å². The highest BCUT2D eigenvalue weighted by atomic mass is 19.4. The number of aliphatic carboxylic acids is 2. The van der Waals surface area contributed by atoms with Gasteiger partial charge in [0.1, 0.15) is 11.4 Å². The van der Waals surface area contributed by atoms with Crippen molar-refractivity contribution in [3.8, 4) is 0 Å². The van der Waals surface area contributed by atoms with Gasteiger partial charge in [0.25, 0.3) is 11.5 Å². The topological polar surface area (TPSA) is 177 Å². The summed E-state index contributed by atoms with van der Waals surface area (Å²) >= 11 is 0. The molecule has 4 heterocycles. The molecule has 0 radical (unpaired) electrons. The zero-order valence-corrected chi connectivity index (χ0v) is 26.1. The van der Waals surface area contributed by atoms with Crippen molar-refractivity contribution in [2.75, 3.05) is 59.4 Å². The van der Waals surface area contributed by atoms with Gasteiger partial charge in [0.2, 0.25) is 0 Å². The van der Waals surface area contributed by atoms with E-state index in [0.29, 0.717) is 32.0 Å². The van der Waals surface area contributed by atoms with Gasteiger partial charge in [0.05, 0.1) is 0 Å². The summed E-state index contributed by atoms with van der Waals surface area (Å²) in [7, 11) is 2.13. The van der Waals surface area contributed by atoms with Crippen molar-refractivity contribution in [2.24, 2.45) is 0 Å². The molecule has 0 aromatic carbocycles. The first-order chi connectivity index (χ1) is 21.7. The van der Waals surface area contributed by atoms with Crippen molar-refractivity contribution in [3.63, 3.8) is 0 Å². The predicted octanol–water partition coefficient (Wildman–Crippen LogP) is 1.34. The Bertz CT molecular complexity index is 1310. The number of likely N-dealkylation sites (N-methyl/N-ethyl adjacent to an activating group) is 1. The van der Waals surface area contributed by atoms with Crippen LogP contribution < -0.4 is 16.2 Å². The minimum absolute atomic E-state index is 0.0738. The number of fused-ring (bicyclic) bond motifs is 2. The van der Waals surface area contributed by atoms with E-state index in [1.165, 1.54) is 0 Å². The number of likely N-dealkylation sites (tertiary alicyclic amines) is 1. The quantitative estimate of drug-likeness (QED) is 0.252. The maximum atomic E-state index is 12.7. The van der Waals surface area contributed by atoms with E-state index in [1.54, 1.807) is 6.20 Å². The Labute approximate surface area is 265 Å². The molecule has 266 valence electrons. The SMILES string of the molecule is CC(C)NC(=O)N1CCC2(CCn3cc(C(=O)NCCCN4CCN(C)CC4)c(=O)nc32)C1.O=C(O)C(F)(F)F.O=C(O)C(F)(F)F. The Hall–Kier alpha value is -3.94. The molecule has 3 aliphatic heterocycles. The normalized spacial score (nSPS) is 19.7. The Morgan fingerprint density at radius 2 is 1.47 bits per heavy atom. The first-order valence-electron chi connectivity index (χ1n) is 14.6. The molecular weight excluding hydrogens is 648 g/mol. The number of aryl methyl sites for hydroxylation is 1. The van der Waals surface area contributed by atoms with Gasteiger partial charge in [-0.2, -0.15) is 31.3 Å². The summed E-state index contributed by atoms with van der Waals surface area (Å²) < 4.78 is 65.4. The lowest BCUT2D eigenvalue weighted by molar-refractivity contribution is -0.193. The second-order valence-corrected chi connectivity index (χ2v) is 11.6. The minimum atomic E-state index is -5.08. The van der Waals surface area contributed by atoms with E-state index in [1.807, 2.05) is 23.3 Å². The number of carbonyl (C=O) groups is 4. The average Bonchev–Trinajstić information content (AvgIpc) is 3.55. The van der Waals surface area contributed by atoms with E-state index in [4.69, 9.17) is 19.8 Å². The number of aromatic nitrogens is 2. The van der Waals surface area contributed by atoms with Crippen LogP contribution >= 0.6 is 0 Å². The number of piperazine rings is 1. The lowest BCUT2D eigenvalue weighted by Crippen LogP contribution is -2.45. The number of alkyl halides is 6. The van der Waals surface area contributed by atoms with Crippen LogP contribution in [0.5, 0.6) is 0 Å². The molecule has 1 atom stereocenters. The molecule has 0 saturated carbocycles. The van der Waals surface area contributed by atoms with Crippen LogP contribution in [-0.4, -0.2) is 136 Å². The highest BCUT2D eigenvalue weighted by molar-refractivity contribution is 5.93. The van der Waals surface area contributed by atoms with Crippen LogP contribution in [0.1, 0.15) is 49.3 Å². The number of nitrogens with one attached hydrogen (secondary N) is 2. The number of rotatable bonds is 6. The summed E-state index contributed by atoms with van der Waals surface area (Å²) in [5.74, 6) is -5.16. The van der Waals surface area contributed by atoms with Crippen LogP contribution in [0.15, 0.2) is 11.0 Å². The molecule has 1 spiro atoms. The van der Waals surface area contributed by atoms with Crippen molar-refractivity contribution in [3.05, 3.63) is 27.9 Å². The number of hydrogen-bond acceptors (Lipinski definition) is 8. The van der Waals surface area contributed by atoms with Gasteiger partial charge < -0.3 is 40.1 Å². The number of halogens is 6. The third-order valence-electron chi connectivity index (χ3n) is 7.62.